The summed E-state index contributed by atoms with van der Waals surface area (Å²) in [4.78, 5) is 3.91. The van der Waals surface area contributed by atoms with Gasteiger partial charge in [0.2, 0.25) is 0 Å². The lowest BCUT2D eigenvalue weighted by atomic mass is 9.97. The summed E-state index contributed by atoms with van der Waals surface area (Å²) < 4.78 is 0. The Morgan fingerprint density at radius 1 is 1.36 bits per heavy atom. The van der Waals surface area contributed by atoms with Gasteiger partial charge in [-0.15, -0.1) is 0 Å². The third-order valence-electron chi connectivity index (χ3n) is 1.40. The first kappa shape index (κ1) is 8.21. The fraction of sp³-hybridized carbons (Fsp3) is 0.444. The second-order valence-electron chi connectivity index (χ2n) is 3.42. The first-order valence-corrected chi connectivity index (χ1v) is 3.72. The highest BCUT2D eigenvalue weighted by molar-refractivity contribution is 5.12. The van der Waals surface area contributed by atoms with Crippen LogP contribution in [0, 0.1) is 0 Å². The van der Waals surface area contributed by atoms with Crippen LogP contribution in [-0.2, 0) is 6.42 Å². The number of aromatic nitrogens is 1. The molecule has 0 aromatic carbocycles. The number of pyridine rings is 1. The highest BCUT2D eigenvalue weighted by atomic mass is 14.7. The van der Waals surface area contributed by atoms with E-state index in [1.807, 2.05) is 26.0 Å². The van der Waals surface area contributed by atoms with Crippen molar-refractivity contribution in [3.8, 4) is 0 Å². The van der Waals surface area contributed by atoms with E-state index in [9.17, 15) is 0 Å². The van der Waals surface area contributed by atoms with Crippen LogP contribution in [-0.4, -0.2) is 10.5 Å². The zero-order chi connectivity index (χ0) is 8.32. The van der Waals surface area contributed by atoms with Crippen LogP contribution in [0.1, 0.15) is 19.4 Å². The van der Waals surface area contributed by atoms with E-state index in [-0.39, 0.29) is 5.54 Å². The third-order valence-corrected chi connectivity index (χ3v) is 1.40. The largest absolute Gasteiger partial charge is 0.265 e. The van der Waals surface area contributed by atoms with Gasteiger partial charge in [-0.25, -0.2) is 0 Å². The van der Waals surface area contributed by atoms with E-state index in [0.717, 1.165) is 6.42 Å². The lowest BCUT2D eigenvalue weighted by molar-refractivity contribution is 0.497. The zero-order valence-electron chi connectivity index (χ0n) is 6.96. The second kappa shape index (κ2) is 3.01. The maximum atomic E-state index is 7.65. The summed E-state index contributed by atoms with van der Waals surface area (Å²) in [6.45, 7) is 3.82. The molecular weight excluding hydrogens is 136 g/mol. The lowest BCUT2D eigenvalue weighted by Crippen LogP contribution is -2.24. The number of nitrogens with one attached hydrogen (secondary N) is 1. The summed E-state index contributed by atoms with van der Waals surface area (Å²) in [5, 5.41) is 0. The van der Waals surface area contributed by atoms with E-state index >= 15 is 0 Å². The summed E-state index contributed by atoms with van der Waals surface area (Å²) in [6, 6.07) is 3.91. The van der Waals surface area contributed by atoms with Crippen LogP contribution in [0.25, 0.3) is 0 Å². The Labute approximate surface area is 67.5 Å². The normalized spacial score (nSPS) is 11.5. The molecule has 0 aliphatic carbocycles. The van der Waals surface area contributed by atoms with E-state index in [0.29, 0.717) is 0 Å². The van der Waals surface area contributed by atoms with Crippen LogP contribution in [0.2, 0.25) is 0 Å². The molecule has 1 N–H and O–H groups in total. The van der Waals surface area contributed by atoms with Crippen LogP contribution in [0.15, 0.2) is 24.5 Å². The molecule has 0 aliphatic rings. The molecule has 1 aromatic heterocycles. The molecule has 59 valence electrons. The van der Waals surface area contributed by atoms with Gasteiger partial charge in [0.15, 0.2) is 0 Å². The molecule has 1 radical (unpaired) electrons. The molecule has 0 fully saturated rings. The summed E-state index contributed by atoms with van der Waals surface area (Å²) in [6.07, 6.45) is 4.32. The van der Waals surface area contributed by atoms with Gasteiger partial charge >= 0.3 is 0 Å². The number of nitrogens with zero attached hydrogens (tertiary/aromatic N) is 1. The Morgan fingerprint density at radius 3 is 2.36 bits per heavy atom. The van der Waals surface area contributed by atoms with Crippen molar-refractivity contribution in [2.45, 2.75) is 25.8 Å². The van der Waals surface area contributed by atoms with Gasteiger partial charge in [-0.3, -0.25) is 10.7 Å². The molecule has 0 aliphatic heterocycles. The number of hydrogen-bond acceptors (Lipinski definition) is 1. The Morgan fingerprint density at radius 2 is 1.91 bits per heavy atom. The molecule has 2 nitrogen and oxygen atoms in total. The van der Waals surface area contributed by atoms with Crippen LogP contribution in [0.5, 0.6) is 0 Å². The van der Waals surface area contributed by atoms with Crippen LogP contribution >= 0.6 is 0 Å². The molecule has 0 saturated heterocycles. The van der Waals surface area contributed by atoms with E-state index in [1.54, 1.807) is 12.4 Å². The topological polar surface area (TPSA) is 36.7 Å². The van der Waals surface area contributed by atoms with Crippen molar-refractivity contribution in [2.24, 2.45) is 0 Å². The molecule has 0 bridgehead atoms. The molecule has 1 rings (SSSR count). The lowest BCUT2D eigenvalue weighted by Gasteiger charge is -2.16. The van der Waals surface area contributed by atoms with E-state index < -0.39 is 0 Å². The van der Waals surface area contributed by atoms with Gasteiger partial charge < -0.3 is 0 Å². The number of rotatable bonds is 2. The van der Waals surface area contributed by atoms with Gasteiger partial charge in [-0.2, -0.15) is 0 Å². The van der Waals surface area contributed by atoms with Gasteiger partial charge in [-0.05, 0) is 38.0 Å². The molecule has 1 heterocycles. The standard InChI is InChI=1S/C9H13N2/c1-9(2,10)7-8-3-5-11-6-4-8/h3-6,10H,7H2,1-2H3. The average molecular weight is 149 g/mol. The first-order valence-electron chi connectivity index (χ1n) is 3.72. The fourth-order valence-electron chi connectivity index (χ4n) is 1.01. The van der Waals surface area contributed by atoms with Crippen LogP contribution in [0.3, 0.4) is 0 Å². The molecule has 0 saturated carbocycles. The van der Waals surface area contributed by atoms with E-state index in [4.69, 9.17) is 5.73 Å². The Balaban J connectivity index is 2.66. The van der Waals surface area contributed by atoms with Gasteiger partial charge in [0.25, 0.3) is 0 Å². The smallest absolute Gasteiger partial charge is 0.0307 e. The zero-order valence-corrected chi connectivity index (χ0v) is 6.96. The molecule has 0 atom stereocenters. The maximum absolute atomic E-state index is 7.65. The molecule has 0 spiro atoms. The Kier molecular flexibility index (Phi) is 2.25. The minimum atomic E-state index is -0.374. The summed E-state index contributed by atoms with van der Waals surface area (Å²) in [5.41, 5.74) is 8.46. The van der Waals surface area contributed by atoms with E-state index in [2.05, 4.69) is 4.98 Å². The highest BCUT2D eigenvalue weighted by Gasteiger charge is 2.11. The Bertz CT molecular complexity index is 211. The van der Waals surface area contributed by atoms with Crippen molar-refractivity contribution >= 4 is 0 Å². The van der Waals surface area contributed by atoms with Crippen molar-refractivity contribution < 1.29 is 0 Å². The highest BCUT2D eigenvalue weighted by Crippen LogP contribution is 2.09. The predicted octanol–water partition coefficient (Wildman–Crippen LogP) is 1.69. The molecule has 1 aromatic rings. The molecule has 11 heavy (non-hydrogen) atoms. The monoisotopic (exact) mass is 149 g/mol. The van der Waals surface area contributed by atoms with Crippen molar-refractivity contribution in [3.63, 3.8) is 0 Å². The predicted molar refractivity (Wildman–Crippen MR) is 45.1 cm³/mol. The maximum Gasteiger partial charge on any atom is 0.0307 e. The van der Waals surface area contributed by atoms with Gasteiger partial charge in [0, 0.05) is 17.9 Å². The van der Waals surface area contributed by atoms with Crippen molar-refractivity contribution in [1.29, 1.82) is 0 Å². The Hall–Kier alpha value is -0.890. The summed E-state index contributed by atoms with van der Waals surface area (Å²) >= 11 is 0. The van der Waals surface area contributed by atoms with Crippen molar-refractivity contribution in [2.75, 3.05) is 0 Å². The molecular formula is C9H13N2. The molecule has 0 amide bonds. The van der Waals surface area contributed by atoms with Gasteiger partial charge in [-0.1, -0.05) is 0 Å². The first-order chi connectivity index (χ1) is 5.08. The van der Waals surface area contributed by atoms with Gasteiger partial charge in [0.05, 0.1) is 0 Å². The van der Waals surface area contributed by atoms with Crippen LogP contribution < -0.4 is 5.73 Å². The van der Waals surface area contributed by atoms with E-state index in [1.165, 1.54) is 5.56 Å². The quantitative estimate of drug-likeness (QED) is 0.630. The third kappa shape index (κ3) is 3.14. The fourth-order valence-corrected chi connectivity index (χ4v) is 1.01. The van der Waals surface area contributed by atoms with Crippen molar-refractivity contribution in [3.05, 3.63) is 30.1 Å². The van der Waals surface area contributed by atoms with Crippen molar-refractivity contribution in [1.82, 2.24) is 10.7 Å². The summed E-state index contributed by atoms with van der Waals surface area (Å²) in [7, 11) is 0. The summed E-state index contributed by atoms with van der Waals surface area (Å²) in [5.74, 6) is 0. The molecule has 0 unspecified atom stereocenters. The molecule has 2 heteroatoms. The second-order valence-corrected chi connectivity index (χ2v) is 3.42. The minimum Gasteiger partial charge on any atom is -0.265 e. The SMILES string of the molecule is CC(C)([NH])Cc1ccncc1. The number of hydrogen-bond donors (Lipinski definition) is 0. The van der Waals surface area contributed by atoms with Crippen LogP contribution in [0.4, 0.5) is 0 Å². The average Bonchev–Trinajstić information content (AvgIpc) is 1.85. The van der Waals surface area contributed by atoms with Gasteiger partial charge in [0.1, 0.15) is 0 Å². The minimum absolute atomic E-state index is 0.374.